The van der Waals surface area contributed by atoms with Crippen LogP contribution in [0.2, 0.25) is 0 Å². The Labute approximate surface area is 96.7 Å². The summed E-state index contributed by atoms with van der Waals surface area (Å²) in [6.07, 6.45) is -0.863. The maximum atomic E-state index is 9.77. The monoisotopic (exact) mass is 224 g/mol. The van der Waals surface area contributed by atoms with Crippen LogP contribution in [0.25, 0.3) is 0 Å². The third-order valence-electron chi connectivity index (χ3n) is 2.38. The van der Waals surface area contributed by atoms with Crippen molar-refractivity contribution >= 4 is 0 Å². The summed E-state index contributed by atoms with van der Waals surface area (Å²) in [6.45, 7) is 5.76. The van der Waals surface area contributed by atoms with Crippen molar-refractivity contribution in [2.24, 2.45) is 0 Å². The molecule has 0 saturated heterocycles. The van der Waals surface area contributed by atoms with E-state index in [0.29, 0.717) is 12.0 Å². The molecule has 3 nitrogen and oxygen atoms in total. The van der Waals surface area contributed by atoms with E-state index in [1.54, 1.807) is 24.3 Å². The summed E-state index contributed by atoms with van der Waals surface area (Å²) < 4.78 is 5.49. The van der Waals surface area contributed by atoms with Gasteiger partial charge in [-0.05, 0) is 38.0 Å². The number of benzene rings is 1. The van der Waals surface area contributed by atoms with Crippen LogP contribution in [0.15, 0.2) is 24.3 Å². The van der Waals surface area contributed by atoms with E-state index in [-0.39, 0.29) is 6.10 Å². The SMILES string of the molecule is CCC(O)C(O)c1ccc(OC(C)C)cc1. The topological polar surface area (TPSA) is 49.7 Å². The van der Waals surface area contributed by atoms with E-state index in [4.69, 9.17) is 4.74 Å². The Morgan fingerprint density at radius 3 is 2.12 bits per heavy atom. The van der Waals surface area contributed by atoms with Gasteiger partial charge in [-0.2, -0.15) is 0 Å². The summed E-state index contributed by atoms with van der Waals surface area (Å²) in [6, 6.07) is 7.17. The summed E-state index contributed by atoms with van der Waals surface area (Å²) in [7, 11) is 0. The molecule has 0 saturated carbocycles. The highest BCUT2D eigenvalue weighted by molar-refractivity contribution is 5.29. The van der Waals surface area contributed by atoms with Gasteiger partial charge in [-0.3, -0.25) is 0 Å². The quantitative estimate of drug-likeness (QED) is 0.806. The molecule has 2 N–H and O–H groups in total. The summed E-state index contributed by atoms with van der Waals surface area (Å²) in [5, 5.41) is 19.3. The average Bonchev–Trinajstić information content (AvgIpc) is 2.27. The number of hydrogen-bond acceptors (Lipinski definition) is 3. The predicted octanol–water partition coefficient (Wildman–Crippen LogP) is 2.28. The van der Waals surface area contributed by atoms with Crippen molar-refractivity contribution in [1.82, 2.24) is 0 Å². The Morgan fingerprint density at radius 1 is 1.12 bits per heavy atom. The van der Waals surface area contributed by atoms with Crippen LogP contribution < -0.4 is 4.74 Å². The predicted molar refractivity (Wildman–Crippen MR) is 63.5 cm³/mol. The fraction of sp³-hybridized carbons (Fsp3) is 0.538. The molecule has 1 rings (SSSR count). The third-order valence-corrected chi connectivity index (χ3v) is 2.38. The summed E-state index contributed by atoms with van der Waals surface area (Å²) in [5.41, 5.74) is 0.713. The Hall–Kier alpha value is -1.06. The highest BCUT2D eigenvalue weighted by atomic mass is 16.5. The van der Waals surface area contributed by atoms with Gasteiger partial charge in [0, 0.05) is 0 Å². The van der Waals surface area contributed by atoms with Crippen LogP contribution in [0, 0.1) is 0 Å². The van der Waals surface area contributed by atoms with Crippen molar-refractivity contribution in [3.05, 3.63) is 29.8 Å². The van der Waals surface area contributed by atoms with Gasteiger partial charge in [-0.15, -0.1) is 0 Å². The zero-order valence-corrected chi connectivity index (χ0v) is 10.1. The summed E-state index contributed by atoms with van der Waals surface area (Å²) in [4.78, 5) is 0. The minimum absolute atomic E-state index is 0.136. The lowest BCUT2D eigenvalue weighted by Crippen LogP contribution is -2.16. The van der Waals surface area contributed by atoms with Gasteiger partial charge in [0.25, 0.3) is 0 Å². The molecule has 0 spiro atoms. The van der Waals surface area contributed by atoms with Crippen molar-refractivity contribution in [3.63, 3.8) is 0 Å². The van der Waals surface area contributed by atoms with Crippen LogP contribution in [0.1, 0.15) is 38.9 Å². The van der Waals surface area contributed by atoms with E-state index in [9.17, 15) is 10.2 Å². The zero-order valence-electron chi connectivity index (χ0n) is 10.1. The number of rotatable bonds is 5. The standard InChI is InChI=1S/C13H20O3/c1-4-12(14)13(15)10-5-7-11(8-6-10)16-9(2)3/h5-9,12-15H,4H2,1-3H3. The van der Waals surface area contributed by atoms with E-state index in [1.807, 2.05) is 20.8 Å². The second kappa shape index (κ2) is 5.87. The number of aliphatic hydroxyl groups excluding tert-OH is 2. The molecule has 0 fully saturated rings. The van der Waals surface area contributed by atoms with E-state index < -0.39 is 12.2 Å². The lowest BCUT2D eigenvalue weighted by atomic mass is 10.0. The minimum Gasteiger partial charge on any atom is -0.491 e. The first-order valence-electron chi connectivity index (χ1n) is 5.67. The second-order valence-corrected chi connectivity index (χ2v) is 4.16. The van der Waals surface area contributed by atoms with Crippen LogP contribution in [0.4, 0.5) is 0 Å². The van der Waals surface area contributed by atoms with Gasteiger partial charge in [0.05, 0.1) is 12.2 Å². The summed E-state index contributed by atoms with van der Waals surface area (Å²) in [5.74, 6) is 0.775. The zero-order chi connectivity index (χ0) is 12.1. The first kappa shape index (κ1) is 13.0. The molecule has 2 atom stereocenters. The number of hydrogen-bond donors (Lipinski definition) is 2. The Kier molecular flexibility index (Phi) is 4.77. The van der Waals surface area contributed by atoms with Crippen LogP contribution in [-0.2, 0) is 0 Å². The van der Waals surface area contributed by atoms with Gasteiger partial charge >= 0.3 is 0 Å². The molecule has 0 heterocycles. The molecular formula is C13H20O3. The molecule has 0 radical (unpaired) electrons. The largest absolute Gasteiger partial charge is 0.491 e. The van der Waals surface area contributed by atoms with Gasteiger partial charge in [-0.25, -0.2) is 0 Å². The maximum absolute atomic E-state index is 9.77. The van der Waals surface area contributed by atoms with Gasteiger partial charge in [0.2, 0.25) is 0 Å². The number of ether oxygens (including phenoxy) is 1. The lowest BCUT2D eigenvalue weighted by molar-refractivity contribution is 0.0164. The highest BCUT2D eigenvalue weighted by Crippen LogP contribution is 2.22. The molecule has 1 aromatic rings. The van der Waals surface area contributed by atoms with Gasteiger partial charge in [0.1, 0.15) is 11.9 Å². The smallest absolute Gasteiger partial charge is 0.119 e. The molecule has 3 heteroatoms. The van der Waals surface area contributed by atoms with Gasteiger partial charge in [-0.1, -0.05) is 19.1 Å². The Morgan fingerprint density at radius 2 is 1.69 bits per heavy atom. The molecule has 0 amide bonds. The van der Waals surface area contributed by atoms with Gasteiger partial charge < -0.3 is 14.9 Å². The van der Waals surface area contributed by atoms with Crippen LogP contribution in [0.5, 0.6) is 5.75 Å². The van der Waals surface area contributed by atoms with Crippen molar-refractivity contribution in [2.45, 2.75) is 45.5 Å². The van der Waals surface area contributed by atoms with Crippen LogP contribution in [-0.4, -0.2) is 22.4 Å². The van der Waals surface area contributed by atoms with E-state index in [0.717, 1.165) is 5.75 Å². The maximum Gasteiger partial charge on any atom is 0.119 e. The molecule has 1 aromatic carbocycles. The highest BCUT2D eigenvalue weighted by Gasteiger charge is 2.16. The van der Waals surface area contributed by atoms with Crippen molar-refractivity contribution in [1.29, 1.82) is 0 Å². The number of aliphatic hydroxyl groups is 2. The van der Waals surface area contributed by atoms with E-state index in [2.05, 4.69) is 0 Å². The molecule has 2 unspecified atom stereocenters. The second-order valence-electron chi connectivity index (χ2n) is 4.16. The van der Waals surface area contributed by atoms with Crippen molar-refractivity contribution in [3.8, 4) is 5.75 Å². The molecular weight excluding hydrogens is 204 g/mol. The minimum atomic E-state index is -0.821. The summed E-state index contributed by atoms with van der Waals surface area (Å²) >= 11 is 0. The van der Waals surface area contributed by atoms with Crippen LogP contribution in [0.3, 0.4) is 0 Å². The van der Waals surface area contributed by atoms with E-state index >= 15 is 0 Å². The molecule has 0 bridgehead atoms. The molecule has 16 heavy (non-hydrogen) atoms. The van der Waals surface area contributed by atoms with Crippen LogP contribution >= 0.6 is 0 Å². The van der Waals surface area contributed by atoms with E-state index in [1.165, 1.54) is 0 Å². The Bertz CT molecular complexity index is 305. The van der Waals surface area contributed by atoms with Crippen molar-refractivity contribution in [2.75, 3.05) is 0 Å². The normalized spacial score (nSPS) is 14.9. The molecule has 0 aromatic heterocycles. The molecule has 90 valence electrons. The van der Waals surface area contributed by atoms with Gasteiger partial charge in [0.15, 0.2) is 0 Å². The third kappa shape index (κ3) is 3.51. The molecule has 0 aliphatic carbocycles. The Balaban J connectivity index is 2.70. The first-order valence-corrected chi connectivity index (χ1v) is 5.67. The fourth-order valence-corrected chi connectivity index (χ4v) is 1.46. The first-order chi connectivity index (χ1) is 7.54. The van der Waals surface area contributed by atoms with Crippen molar-refractivity contribution < 1.29 is 14.9 Å². The molecule has 0 aliphatic rings. The molecule has 0 aliphatic heterocycles. The fourth-order valence-electron chi connectivity index (χ4n) is 1.46. The lowest BCUT2D eigenvalue weighted by Gasteiger charge is -2.17. The average molecular weight is 224 g/mol.